The first-order chi connectivity index (χ1) is 5.45. The highest BCUT2D eigenvalue weighted by Crippen LogP contribution is 2.14. The van der Waals surface area contributed by atoms with Gasteiger partial charge in [-0.15, -0.1) is 0 Å². The van der Waals surface area contributed by atoms with Crippen LogP contribution in [0.4, 0.5) is 0 Å². The first-order valence-corrected chi connectivity index (χ1v) is 3.26. The van der Waals surface area contributed by atoms with Gasteiger partial charge < -0.3 is 20.3 Å². The average Bonchev–Trinajstić information content (AvgIpc) is 1.84. The standard InChI is InChI=1S/C5H9BO6/c7-4(8)2-1-3(5(9)10)6(11)12/h3,11-12H,1-2H2,(H,7,8)(H,9,10). The van der Waals surface area contributed by atoms with Crippen LogP contribution in [0.1, 0.15) is 12.8 Å². The fraction of sp³-hybridized carbons (Fsp3) is 0.600. The van der Waals surface area contributed by atoms with Crippen LogP contribution >= 0.6 is 0 Å². The number of hydrogen-bond acceptors (Lipinski definition) is 4. The topological polar surface area (TPSA) is 115 Å². The zero-order valence-corrected chi connectivity index (χ0v) is 6.17. The first kappa shape index (κ1) is 10.9. The highest BCUT2D eigenvalue weighted by atomic mass is 16.4. The van der Waals surface area contributed by atoms with E-state index >= 15 is 0 Å². The molecular formula is C5H9BO6. The Balaban J connectivity index is 3.97. The Hall–Kier alpha value is -1.08. The molecule has 0 heterocycles. The zero-order valence-electron chi connectivity index (χ0n) is 6.17. The molecule has 4 N–H and O–H groups in total. The van der Waals surface area contributed by atoms with Gasteiger partial charge in [0.15, 0.2) is 0 Å². The van der Waals surface area contributed by atoms with E-state index < -0.39 is 31.3 Å². The van der Waals surface area contributed by atoms with Crippen LogP contribution in [0.15, 0.2) is 0 Å². The van der Waals surface area contributed by atoms with Crippen molar-refractivity contribution in [3.8, 4) is 0 Å². The largest absolute Gasteiger partial charge is 0.481 e. The Morgan fingerprint density at radius 1 is 1.25 bits per heavy atom. The van der Waals surface area contributed by atoms with Gasteiger partial charge in [-0.05, 0) is 6.42 Å². The molecule has 0 aromatic rings. The number of carboxylic acid groups (broad SMARTS) is 2. The van der Waals surface area contributed by atoms with Crippen molar-refractivity contribution >= 4 is 19.1 Å². The van der Waals surface area contributed by atoms with Crippen LogP contribution in [0.2, 0.25) is 5.82 Å². The van der Waals surface area contributed by atoms with Crippen LogP contribution in [-0.4, -0.2) is 39.3 Å². The summed E-state index contributed by atoms with van der Waals surface area (Å²) in [4.78, 5) is 20.2. The van der Waals surface area contributed by atoms with Crippen LogP contribution in [0, 0.1) is 0 Å². The number of carbonyl (C=O) groups is 2. The summed E-state index contributed by atoms with van der Waals surface area (Å²) in [6, 6.07) is 0. The van der Waals surface area contributed by atoms with Crippen LogP contribution in [-0.2, 0) is 9.59 Å². The van der Waals surface area contributed by atoms with Gasteiger partial charge in [0.25, 0.3) is 0 Å². The fourth-order valence-corrected chi connectivity index (χ4v) is 0.679. The van der Waals surface area contributed by atoms with Crippen molar-refractivity contribution in [2.75, 3.05) is 0 Å². The van der Waals surface area contributed by atoms with Gasteiger partial charge in [-0.3, -0.25) is 9.59 Å². The zero-order chi connectivity index (χ0) is 9.72. The van der Waals surface area contributed by atoms with Crippen molar-refractivity contribution in [3.63, 3.8) is 0 Å². The predicted octanol–water partition coefficient (Wildman–Crippen LogP) is -1.22. The molecule has 6 nitrogen and oxygen atoms in total. The van der Waals surface area contributed by atoms with Crippen molar-refractivity contribution in [1.29, 1.82) is 0 Å². The number of aliphatic carboxylic acids is 2. The monoisotopic (exact) mass is 176 g/mol. The Labute approximate surface area is 68.6 Å². The summed E-state index contributed by atoms with van der Waals surface area (Å²) in [7, 11) is -2.01. The van der Waals surface area contributed by atoms with Crippen molar-refractivity contribution in [1.82, 2.24) is 0 Å². The molecule has 0 fully saturated rings. The lowest BCUT2D eigenvalue weighted by atomic mass is 9.70. The summed E-state index contributed by atoms with van der Waals surface area (Å²) in [5.41, 5.74) is 0. The van der Waals surface area contributed by atoms with E-state index in [2.05, 4.69) is 0 Å². The molecule has 0 spiro atoms. The number of rotatable bonds is 5. The SMILES string of the molecule is O=C(O)CCC(B(O)O)C(=O)O. The molecule has 0 aromatic heterocycles. The molecule has 0 bridgehead atoms. The Bertz CT molecular complexity index is 179. The number of hydrogen-bond donors (Lipinski definition) is 4. The summed E-state index contributed by atoms with van der Waals surface area (Å²) in [5.74, 6) is -4.01. The molecule has 0 aliphatic heterocycles. The summed E-state index contributed by atoms with van der Waals surface area (Å²) in [6.45, 7) is 0. The van der Waals surface area contributed by atoms with Gasteiger partial charge in [0.1, 0.15) is 0 Å². The van der Waals surface area contributed by atoms with Crippen molar-refractivity contribution in [3.05, 3.63) is 0 Å². The van der Waals surface area contributed by atoms with Crippen LogP contribution < -0.4 is 0 Å². The predicted molar refractivity (Wildman–Crippen MR) is 38.4 cm³/mol. The van der Waals surface area contributed by atoms with Gasteiger partial charge in [0.05, 0.1) is 5.82 Å². The molecule has 0 aromatic carbocycles. The molecule has 0 amide bonds. The minimum Gasteiger partial charge on any atom is -0.481 e. The average molecular weight is 176 g/mol. The summed E-state index contributed by atoms with van der Waals surface area (Å²) >= 11 is 0. The summed E-state index contributed by atoms with van der Waals surface area (Å²) < 4.78 is 0. The second-order valence-electron chi connectivity index (χ2n) is 2.29. The van der Waals surface area contributed by atoms with Crippen LogP contribution in [0.5, 0.6) is 0 Å². The van der Waals surface area contributed by atoms with Crippen LogP contribution in [0.3, 0.4) is 0 Å². The second-order valence-corrected chi connectivity index (χ2v) is 2.29. The molecule has 12 heavy (non-hydrogen) atoms. The Morgan fingerprint density at radius 2 is 1.75 bits per heavy atom. The van der Waals surface area contributed by atoms with Crippen molar-refractivity contribution in [2.24, 2.45) is 0 Å². The van der Waals surface area contributed by atoms with E-state index in [9.17, 15) is 9.59 Å². The Morgan fingerprint density at radius 3 is 2.00 bits per heavy atom. The van der Waals surface area contributed by atoms with Crippen molar-refractivity contribution < 1.29 is 29.9 Å². The van der Waals surface area contributed by atoms with Gasteiger partial charge in [0, 0.05) is 6.42 Å². The molecule has 68 valence electrons. The lowest BCUT2D eigenvalue weighted by Crippen LogP contribution is -2.27. The van der Waals surface area contributed by atoms with E-state index in [0.29, 0.717) is 0 Å². The smallest absolute Gasteiger partial charge is 0.466 e. The molecule has 1 unspecified atom stereocenters. The maximum absolute atomic E-state index is 10.2. The van der Waals surface area contributed by atoms with E-state index in [1.54, 1.807) is 0 Å². The van der Waals surface area contributed by atoms with Gasteiger partial charge in [0.2, 0.25) is 0 Å². The fourth-order valence-electron chi connectivity index (χ4n) is 0.679. The first-order valence-electron chi connectivity index (χ1n) is 3.26. The number of carboxylic acids is 2. The minimum absolute atomic E-state index is 0.289. The maximum Gasteiger partial charge on any atom is 0.466 e. The van der Waals surface area contributed by atoms with E-state index in [0.717, 1.165) is 0 Å². The molecular weight excluding hydrogens is 167 g/mol. The lowest BCUT2D eigenvalue weighted by Gasteiger charge is -2.07. The highest BCUT2D eigenvalue weighted by Gasteiger charge is 2.30. The molecule has 0 rings (SSSR count). The highest BCUT2D eigenvalue weighted by molar-refractivity contribution is 6.48. The quantitative estimate of drug-likeness (QED) is 0.390. The Kier molecular flexibility index (Phi) is 4.31. The normalized spacial score (nSPS) is 12.2. The molecule has 0 aliphatic rings. The van der Waals surface area contributed by atoms with Gasteiger partial charge in [-0.2, -0.15) is 0 Å². The van der Waals surface area contributed by atoms with E-state index in [1.165, 1.54) is 0 Å². The molecule has 0 saturated heterocycles. The maximum atomic E-state index is 10.2. The van der Waals surface area contributed by atoms with E-state index in [1.807, 2.05) is 0 Å². The third kappa shape index (κ3) is 3.94. The van der Waals surface area contributed by atoms with Crippen LogP contribution in [0.25, 0.3) is 0 Å². The second kappa shape index (κ2) is 4.73. The van der Waals surface area contributed by atoms with Gasteiger partial charge in [-0.25, -0.2) is 0 Å². The summed E-state index contributed by atoms with van der Waals surface area (Å²) in [6.07, 6.45) is -0.684. The lowest BCUT2D eigenvalue weighted by molar-refractivity contribution is -0.138. The molecule has 1 atom stereocenters. The molecule has 0 radical (unpaired) electrons. The third-order valence-corrected chi connectivity index (χ3v) is 1.35. The molecule has 0 saturated carbocycles. The van der Waals surface area contributed by atoms with E-state index in [4.69, 9.17) is 20.3 Å². The van der Waals surface area contributed by atoms with Crippen molar-refractivity contribution in [2.45, 2.75) is 18.7 Å². The van der Waals surface area contributed by atoms with Gasteiger partial charge >= 0.3 is 19.1 Å². The molecule has 7 heteroatoms. The third-order valence-electron chi connectivity index (χ3n) is 1.35. The minimum atomic E-state index is -2.01. The summed E-state index contributed by atoms with van der Waals surface area (Å²) in [5, 5.41) is 33.5. The van der Waals surface area contributed by atoms with E-state index in [-0.39, 0.29) is 6.42 Å². The van der Waals surface area contributed by atoms with Gasteiger partial charge in [-0.1, -0.05) is 0 Å². The molecule has 0 aliphatic carbocycles.